The second-order valence-corrected chi connectivity index (χ2v) is 3.57. The standard InChI is InChI=1S/C10H22N2O/c1-5-10(6-7-11-3)8-12(4)9(2)13/h10-11H,5-8H2,1-4H3. The van der Waals surface area contributed by atoms with Gasteiger partial charge in [-0.05, 0) is 25.9 Å². The molecule has 0 aliphatic carbocycles. The number of carbonyl (C=O) groups excluding carboxylic acids is 1. The van der Waals surface area contributed by atoms with Crippen LogP contribution < -0.4 is 5.32 Å². The van der Waals surface area contributed by atoms with Crippen molar-refractivity contribution in [1.82, 2.24) is 10.2 Å². The molecule has 0 rings (SSSR count). The average molecular weight is 186 g/mol. The van der Waals surface area contributed by atoms with Crippen LogP contribution in [0.4, 0.5) is 0 Å². The summed E-state index contributed by atoms with van der Waals surface area (Å²) in [5.74, 6) is 0.782. The predicted molar refractivity (Wildman–Crippen MR) is 55.6 cm³/mol. The number of hydrogen-bond donors (Lipinski definition) is 1. The first-order valence-electron chi connectivity index (χ1n) is 4.98. The van der Waals surface area contributed by atoms with Gasteiger partial charge in [0, 0.05) is 20.5 Å². The molecular formula is C10H22N2O. The van der Waals surface area contributed by atoms with E-state index in [2.05, 4.69) is 12.2 Å². The Balaban J connectivity index is 3.75. The fourth-order valence-corrected chi connectivity index (χ4v) is 1.29. The first-order chi connectivity index (χ1) is 6.11. The van der Waals surface area contributed by atoms with E-state index in [4.69, 9.17) is 0 Å². The molecule has 3 nitrogen and oxygen atoms in total. The van der Waals surface area contributed by atoms with Crippen molar-refractivity contribution in [2.24, 2.45) is 5.92 Å². The summed E-state index contributed by atoms with van der Waals surface area (Å²) in [6.07, 6.45) is 2.28. The Kier molecular flexibility index (Phi) is 6.59. The molecule has 0 spiro atoms. The van der Waals surface area contributed by atoms with E-state index >= 15 is 0 Å². The van der Waals surface area contributed by atoms with Crippen LogP contribution in [0.3, 0.4) is 0 Å². The zero-order chi connectivity index (χ0) is 10.3. The monoisotopic (exact) mass is 186 g/mol. The Morgan fingerprint density at radius 3 is 2.54 bits per heavy atom. The Hall–Kier alpha value is -0.570. The molecule has 0 saturated heterocycles. The highest BCUT2D eigenvalue weighted by Crippen LogP contribution is 2.08. The molecule has 3 heteroatoms. The van der Waals surface area contributed by atoms with Crippen LogP contribution in [0.2, 0.25) is 0 Å². The van der Waals surface area contributed by atoms with Crippen LogP contribution in [0.1, 0.15) is 26.7 Å². The van der Waals surface area contributed by atoms with Gasteiger partial charge in [-0.2, -0.15) is 0 Å². The predicted octanol–water partition coefficient (Wildman–Crippen LogP) is 1.10. The van der Waals surface area contributed by atoms with Gasteiger partial charge in [-0.3, -0.25) is 4.79 Å². The first kappa shape index (κ1) is 12.4. The van der Waals surface area contributed by atoms with Crippen molar-refractivity contribution in [3.63, 3.8) is 0 Å². The molecule has 0 bridgehead atoms. The Morgan fingerprint density at radius 2 is 2.15 bits per heavy atom. The molecule has 1 amide bonds. The van der Waals surface area contributed by atoms with Crippen molar-refractivity contribution in [3.05, 3.63) is 0 Å². The molecular weight excluding hydrogens is 164 g/mol. The van der Waals surface area contributed by atoms with Gasteiger partial charge in [-0.15, -0.1) is 0 Å². The topological polar surface area (TPSA) is 32.3 Å². The highest BCUT2D eigenvalue weighted by atomic mass is 16.2. The van der Waals surface area contributed by atoms with Gasteiger partial charge in [-0.25, -0.2) is 0 Å². The lowest BCUT2D eigenvalue weighted by atomic mass is 10.0. The van der Waals surface area contributed by atoms with E-state index in [-0.39, 0.29) is 5.91 Å². The van der Waals surface area contributed by atoms with Gasteiger partial charge in [-0.1, -0.05) is 13.3 Å². The molecule has 1 N–H and O–H groups in total. The third kappa shape index (κ3) is 5.64. The van der Waals surface area contributed by atoms with Crippen molar-refractivity contribution >= 4 is 5.91 Å². The summed E-state index contributed by atoms with van der Waals surface area (Å²) in [6, 6.07) is 0. The molecule has 0 heterocycles. The molecule has 0 aromatic rings. The molecule has 0 radical (unpaired) electrons. The number of nitrogens with zero attached hydrogens (tertiary/aromatic N) is 1. The second-order valence-electron chi connectivity index (χ2n) is 3.57. The maximum atomic E-state index is 11.0. The minimum Gasteiger partial charge on any atom is -0.346 e. The summed E-state index contributed by atoms with van der Waals surface area (Å²) < 4.78 is 0. The number of amides is 1. The van der Waals surface area contributed by atoms with Crippen LogP contribution in [-0.4, -0.2) is 38.0 Å². The molecule has 0 aromatic carbocycles. The SMILES string of the molecule is CCC(CCNC)CN(C)C(C)=O. The fraction of sp³-hybridized carbons (Fsp3) is 0.900. The van der Waals surface area contributed by atoms with Crippen LogP contribution in [0.25, 0.3) is 0 Å². The van der Waals surface area contributed by atoms with Crippen molar-refractivity contribution in [2.45, 2.75) is 26.7 Å². The maximum absolute atomic E-state index is 11.0. The molecule has 13 heavy (non-hydrogen) atoms. The van der Waals surface area contributed by atoms with E-state index in [9.17, 15) is 4.79 Å². The third-order valence-corrected chi connectivity index (χ3v) is 2.45. The molecule has 0 fully saturated rings. The third-order valence-electron chi connectivity index (χ3n) is 2.45. The van der Waals surface area contributed by atoms with Crippen LogP contribution in [0, 0.1) is 5.92 Å². The van der Waals surface area contributed by atoms with E-state index in [1.807, 2.05) is 14.1 Å². The van der Waals surface area contributed by atoms with E-state index in [0.29, 0.717) is 5.92 Å². The van der Waals surface area contributed by atoms with Crippen molar-refractivity contribution in [3.8, 4) is 0 Å². The van der Waals surface area contributed by atoms with Gasteiger partial charge in [0.15, 0.2) is 0 Å². The Labute approximate surface area is 81.5 Å². The van der Waals surface area contributed by atoms with Gasteiger partial charge >= 0.3 is 0 Å². The molecule has 78 valence electrons. The summed E-state index contributed by atoms with van der Waals surface area (Å²) in [4.78, 5) is 12.8. The average Bonchev–Trinajstić information content (AvgIpc) is 2.11. The van der Waals surface area contributed by atoms with Crippen LogP contribution in [0.15, 0.2) is 0 Å². The van der Waals surface area contributed by atoms with Crippen LogP contribution in [0.5, 0.6) is 0 Å². The molecule has 0 aliphatic rings. The van der Waals surface area contributed by atoms with E-state index in [1.165, 1.54) is 0 Å². The minimum atomic E-state index is 0.155. The molecule has 0 saturated carbocycles. The number of carbonyl (C=O) groups is 1. The molecule has 1 atom stereocenters. The van der Waals surface area contributed by atoms with Gasteiger partial charge in [0.05, 0.1) is 0 Å². The summed E-state index contributed by atoms with van der Waals surface area (Å²) in [7, 11) is 3.83. The van der Waals surface area contributed by atoms with Gasteiger partial charge in [0.25, 0.3) is 0 Å². The fourth-order valence-electron chi connectivity index (χ4n) is 1.29. The van der Waals surface area contributed by atoms with Gasteiger partial charge < -0.3 is 10.2 Å². The normalized spacial score (nSPS) is 12.6. The zero-order valence-electron chi connectivity index (χ0n) is 9.26. The number of hydrogen-bond acceptors (Lipinski definition) is 2. The summed E-state index contributed by atoms with van der Waals surface area (Å²) >= 11 is 0. The Morgan fingerprint density at radius 1 is 1.54 bits per heavy atom. The lowest BCUT2D eigenvalue weighted by molar-refractivity contribution is -0.128. The smallest absolute Gasteiger partial charge is 0.219 e. The lowest BCUT2D eigenvalue weighted by Gasteiger charge is -2.22. The van der Waals surface area contributed by atoms with Crippen molar-refractivity contribution < 1.29 is 4.79 Å². The zero-order valence-corrected chi connectivity index (χ0v) is 9.26. The number of nitrogens with one attached hydrogen (secondary N) is 1. The lowest BCUT2D eigenvalue weighted by Crippen LogP contribution is -2.30. The van der Waals surface area contributed by atoms with Crippen molar-refractivity contribution in [2.75, 3.05) is 27.2 Å². The molecule has 0 aromatic heterocycles. The van der Waals surface area contributed by atoms with E-state index in [0.717, 1.165) is 25.9 Å². The van der Waals surface area contributed by atoms with Gasteiger partial charge in [0.2, 0.25) is 5.91 Å². The summed E-state index contributed by atoms with van der Waals surface area (Å²) in [6.45, 7) is 5.71. The summed E-state index contributed by atoms with van der Waals surface area (Å²) in [5.41, 5.74) is 0. The largest absolute Gasteiger partial charge is 0.346 e. The second kappa shape index (κ2) is 6.89. The summed E-state index contributed by atoms with van der Waals surface area (Å²) in [5, 5.41) is 3.13. The molecule has 0 aliphatic heterocycles. The van der Waals surface area contributed by atoms with Gasteiger partial charge in [0.1, 0.15) is 0 Å². The minimum absolute atomic E-state index is 0.155. The first-order valence-corrected chi connectivity index (χ1v) is 4.98. The van der Waals surface area contributed by atoms with Crippen molar-refractivity contribution in [1.29, 1.82) is 0 Å². The highest BCUT2D eigenvalue weighted by molar-refractivity contribution is 5.72. The maximum Gasteiger partial charge on any atom is 0.219 e. The van der Waals surface area contributed by atoms with Crippen LogP contribution in [-0.2, 0) is 4.79 Å². The quantitative estimate of drug-likeness (QED) is 0.673. The molecule has 1 unspecified atom stereocenters. The van der Waals surface area contributed by atoms with E-state index in [1.54, 1.807) is 11.8 Å². The number of rotatable bonds is 6. The Bertz CT molecular complexity index is 148. The van der Waals surface area contributed by atoms with E-state index < -0.39 is 0 Å². The van der Waals surface area contributed by atoms with Crippen LogP contribution >= 0.6 is 0 Å². The highest BCUT2D eigenvalue weighted by Gasteiger charge is 2.10.